The van der Waals surface area contributed by atoms with Gasteiger partial charge in [-0.15, -0.1) is 0 Å². The molecule has 2 rings (SSSR count). The van der Waals surface area contributed by atoms with Crippen molar-refractivity contribution in [2.24, 2.45) is 0 Å². The molecule has 5 heteroatoms. The average Bonchev–Trinajstić information content (AvgIpc) is 2.74. The number of benzene rings is 2. The van der Waals surface area contributed by atoms with Crippen LogP contribution in [0.4, 0.5) is 0 Å². The summed E-state index contributed by atoms with van der Waals surface area (Å²) in [7, 11) is -1.60. The number of hydrogen-bond donors (Lipinski definition) is 1. The molecule has 0 aliphatic heterocycles. The molecule has 1 N–H and O–H groups in total. The quantitative estimate of drug-likeness (QED) is 0.349. The third kappa shape index (κ3) is 5.21. The molecule has 0 aliphatic rings. The first kappa shape index (κ1) is 22.6. The molecule has 28 heavy (non-hydrogen) atoms. The van der Waals surface area contributed by atoms with Crippen LogP contribution >= 0.6 is 7.14 Å². The Bertz CT molecular complexity index is 732. The maximum Gasteiger partial charge on any atom is 0.149 e. The Morgan fingerprint density at radius 3 is 1.96 bits per heavy atom. The molecule has 0 unspecified atom stereocenters. The van der Waals surface area contributed by atoms with Crippen molar-refractivity contribution in [3.63, 3.8) is 0 Å². The van der Waals surface area contributed by atoms with Crippen molar-refractivity contribution < 1.29 is 19.1 Å². The van der Waals surface area contributed by atoms with Gasteiger partial charge in [0.2, 0.25) is 0 Å². The molecule has 0 bridgehead atoms. The summed E-state index contributed by atoms with van der Waals surface area (Å²) >= 11 is 0. The molecule has 4 nitrogen and oxygen atoms in total. The van der Waals surface area contributed by atoms with E-state index in [1.807, 2.05) is 67.6 Å². The van der Waals surface area contributed by atoms with Gasteiger partial charge in [-0.2, -0.15) is 0 Å². The first-order chi connectivity index (χ1) is 13.4. The largest absolute Gasteiger partial charge is 0.388 e. The van der Waals surface area contributed by atoms with Gasteiger partial charge in [-0.25, -0.2) is 0 Å². The van der Waals surface area contributed by atoms with Crippen LogP contribution in [0.3, 0.4) is 0 Å². The third-order valence-electron chi connectivity index (χ3n) is 5.00. The molecule has 0 saturated carbocycles. The molecule has 0 saturated heterocycles. The van der Waals surface area contributed by atoms with Gasteiger partial charge in [-0.3, -0.25) is 0 Å². The predicted molar refractivity (Wildman–Crippen MR) is 116 cm³/mol. The first-order valence-corrected chi connectivity index (χ1v) is 11.4. The van der Waals surface area contributed by atoms with E-state index < -0.39 is 18.9 Å². The molecule has 2 aromatic rings. The maximum atomic E-state index is 14.7. The summed E-state index contributed by atoms with van der Waals surface area (Å²) in [4.78, 5) is 0. The molecule has 0 spiro atoms. The van der Waals surface area contributed by atoms with E-state index in [4.69, 9.17) is 9.47 Å². The topological polar surface area (TPSA) is 55.8 Å². The summed E-state index contributed by atoms with van der Waals surface area (Å²) in [6.07, 6.45) is 0.0764. The van der Waals surface area contributed by atoms with Crippen molar-refractivity contribution in [1.82, 2.24) is 0 Å². The standard InChI is InChI=1S/C23H31O4P/c1-5-19(27-17-26-4)16-22(23(24)18(2)3)28(25,20-12-8-6-9-13-20)21-14-10-7-11-15-21/h6-15,19,22-24H,2,5,16-17H2,1,3-4H3/t19-,22+,23-/m1/s1. The lowest BCUT2D eigenvalue weighted by molar-refractivity contribution is -0.0768. The highest BCUT2D eigenvalue weighted by Gasteiger charge is 2.42. The van der Waals surface area contributed by atoms with Gasteiger partial charge in [-0.1, -0.05) is 79.7 Å². The van der Waals surface area contributed by atoms with Crippen molar-refractivity contribution in [3.8, 4) is 0 Å². The van der Waals surface area contributed by atoms with Gasteiger partial charge >= 0.3 is 0 Å². The molecule has 0 aromatic heterocycles. The zero-order valence-electron chi connectivity index (χ0n) is 17.0. The fourth-order valence-corrected chi connectivity index (χ4v) is 6.90. The SMILES string of the molecule is C=C(C)[C@@H](O)[C@H](C[C@@H](CC)OCOC)P(=O)(c1ccccc1)c1ccccc1. The molecule has 0 radical (unpaired) electrons. The molecule has 152 valence electrons. The van der Waals surface area contributed by atoms with Crippen LogP contribution in [0, 0.1) is 0 Å². The number of hydrogen-bond acceptors (Lipinski definition) is 4. The highest BCUT2D eigenvalue weighted by atomic mass is 31.2. The van der Waals surface area contributed by atoms with E-state index in [1.54, 1.807) is 14.0 Å². The Morgan fingerprint density at radius 1 is 1.07 bits per heavy atom. The van der Waals surface area contributed by atoms with Gasteiger partial charge in [0.25, 0.3) is 0 Å². The molecule has 0 fully saturated rings. The van der Waals surface area contributed by atoms with Crippen molar-refractivity contribution in [2.45, 2.75) is 44.6 Å². The number of methoxy groups -OCH3 is 1. The minimum absolute atomic E-state index is 0.162. The Kier molecular flexibility index (Phi) is 8.65. The lowest BCUT2D eigenvalue weighted by Gasteiger charge is -2.34. The Labute approximate surface area is 168 Å². The second-order valence-corrected chi connectivity index (χ2v) is 10.0. The van der Waals surface area contributed by atoms with E-state index in [0.29, 0.717) is 12.0 Å². The molecule has 0 heterocycles. The van der Waals surface area contributed by atoms with Crippen molar-refractivity contribution in [3.05, 3.63) is 72.8 Å². The van der Waals surface area contributed by atoms with Gasteiger partial charge in [0.05, 0.1) is 17.9 Å². The average molecular weight is 402 g/mol. The van der Waals surface area contributed by atoms with Crippen LogP contribution in [-0.2, 0) is 14.0 Å². The van der Waals surface area contributed by atoms with Gasteiger partial charge < -0.3 is 19.1 Å². The van der Waals surface area contributed by atoms with Crippen LogP contribution in [0.1, 0.15) is 26.7 Å². The van der Waals surface area contributed by atoms with Gasteiger partial charge in [0, 0.05) is 17.7 Å². The van der Waals surface area contributed by atoms with Crippen LogP contribution in [0.2, 0.25) is 0 Å². The van der Waals surface area contributed by atoms with Crippen LogP contribution in [0.5, 0.6) is 0 Å². The number of aliphatic hydroxyl groups excluding tert-OH is 1. The van der Waals surface area contributed by atoms with Crippen molar-refractivity contribution >= 4 is 17.8 Å². The van der Waals surface area contributed by atoms with Crippen LogP contribution in [-0.4, -0.2) is 36.9 Å². The third-order valence-corrected chi connectivity index (χ3v) is 8.56. The van der Waals surface area contributed by atoms with E-state index in [2.05, 4.69) is 6.58 Å². The normalized spacial score (nSPS) is 15.0. The smallest absolute Gasteiger partial charge is 0.149 e. The Morgan fingerprint density at radius 2 is 1.57 bits per heavy atom. The van der Waals surface area contributed by atoms with Gasteiger partial charge in [0.1, 0.15) is 13.9 Å². The molecule has 3 atom stereocenters. The van der Waals surface area contributed by atoms with Crippen molar-refractivity contribution in [1.29, 1.82) is 0 Å². The van der Waals surface area contributed by atoms with Crippen LogP contribution < -0.4 is 10.6 Å². The summed E-state index contributed by atoms with van der Waals surface area (Å²) in [6, 6.07) is 18.8. The summed E-state index contributed by atoms with van der Waals surface area (Å²) in [6.45, 7) is 7.88. The molecule has 0 aliphatic carbocycles. The minimum Gasteiger partial charge on any atom is -0.388 e. The maximum absolute atomic E-state index is 14.7. The molecular formula is C23H31O4P. The van der Waals surface area contributed by atoms with E-state index in [-0.39, 0.29) is 12.9 Å². The van der Waals surface area contributed by atoms with E-state index in [1.165, 1.54) is 0 Å². The fraction of sp³-hybridized carbons (Fsp3) is 0.391. The summed E-state index contributed by atoms with van der Waals surface area (Å²) < 4.78 is 25.5. The zero-order chi connectivity index (χ0) is 20.6. The lowest BCUT2D eigenvalue weighted by atomic mass is 10.0. The Hall–Kier alpha value is -1.71. The van der Waals surface area contributed by atoms with E-state index >= 15 is 0 Å². The molecular weight excluding hydrogens is 371 g/mol. The number of rotatable bonds is 11. The minimum atomic E-state index is -3.18. The van der Waals surface area contributed by atoms with E-state index in [0.717, 1.165) is 17.0 Å². The summed E-state index contributed by atoms with van der Waals surface area (Å²) in [5, 5.41) is 12.5. The fourth-order valence-electron chi connectivity index (χ4n) is 3.42. The van der Waals surface area contributed by atoms with Gasteiger partial charge in [0.15, 0.2) is 0 Å². The zero-order valence-corrected chi connectivity index (χ0v) is 17.8. The highest BCUT2D eigenvalue weighted by molar-refractivity contribution is 7.79. The van der Waals surface area contributed by atoms with Gasteiger partial charge in [-0.05, 0) is 19.8 Å². The number of ether oxygens (including phenoxy) is 2. The summed E-state index contributed by atoms with van der Waals surface area (Å²) in [5.74, 6) is 0. The lowest BCUT2D eigenvalue weighted by Crippen LogP contribution is -2.38. The van der Waals surface area contributed by atoms with Crippen LogP contribution in [0.25, 0.3) is 0 Å². The van der Waals surface area contributed by atoms with E-state index in [9.17, 15) is 9.67 Å². The first-order valence-electron chi connectivity index (χ1n) is 9.60. The highest BCUT2D eigenvalue weighted by Crippen LogP contribution is 2.52. The predicted octanol–water partition coefficient (Wildman–Crippen LogP) is 4.10. The Balaban J connectivity index is 2.58. The van der Waals surface area contributed by atoms with Crippen LogP contribution in [0.15, 0.2) is 72.8 Å². The second-order valence-electron chi connectivity index (χ2n) is 7.03. The second kappa shape index (κ2) is 10.7. The molecule has 0 amide bonds. The van der Waals surface area contributed by atoms with Crippen molar-refractivity contribution in [2.75, 3.05) is 13.9 Å². The summed E-state index contributed by atoms with van der Waals surface area (Å²) in [5.41, 5.74) is 0.0512. The molecule has 2 aromatic carbocycles. The number of aliphatic hydroxyl groups is 1. The monoisotopic (exact) mass is 402 g/mol.